The van der Waals surface area contributed by atoms with Gasteiger partial charge in [-0.2, -0.15) is 0 Å². The molecule has 0 bridgehead atoms. The van der Waals surface area contributed by atoms with Crippen molar-refractivity contribution < 1.29 is 45.4 Å². The summed E-state index contributed by atoms with van der Waals surface area (Å²) in [5.41, 5.74) is 4.01. The predicted molar refractivity (Wildman–Crippen MR) is 184 cm³/mol. The second-order valence-electron chi connectivity index (χ2n) is 14.2. The number of nitrogens with zero attached hydrogens (tertiary/aromatic N) is 5. The molecule has 0 aromatic heterocycles. The fraction of sp³-hybridized carbons (Fsp3) is 0.595. The number of carbonyl (C=O) groups is 3. The molecule has 5 aliphatic heterocycles. The minimum Gasteiger partial charge on any atom is 0.0107 e. The van der Waals surface area contributed by atoms with E-state index in [1.165, 1.54) is 4.43 Å². The van der Waals surface area contributed by atoms with E-state index in [2.05, 4.69) is 34.3 Å². The van der Waals surface area contributed by atoms with Crippen LogP contribution >= 0.6 is 0 Å². The summed E-state index contributed by atoms with van der Waals surface area (Å²) in [5.74, 6) is 0.198. The summed E-state index contributed by atoms with van der Waals surface area (Å²) in [6.45, 7) is 7.16. The van der Waals surface area contributed by atoms with Crippen LogP contribution in [0.2, 0.25) is 0 Å². The van der Waals surface area contributed by atoms with E-state index in [9.17, 15) is 19.5 Å². The van der Waals surface area contributed by atoms with Crippen molar-refractivity contribution in [2.45, 2.75) is 67.1 Å². The number of anilines is 1. The normalized spacial score (nSPS) is 25.4. The van der Waals surface area contributed by atoms with Gasteiger partial charge in [-0.1, -0.05) is 18.2 Å². The monoisotopic (exact) mass is 785 g/mol. The Balaban J connectivity index is 0.980. The van der Waals surface area contributed by atoms with E-state index < -0.39 is 12.2 Å². The van der Waals surface area contributed by atoms with E-state index >= 15 is 0 Å². The molecule has 2 N–H and O–H groups in total. The molecule has 1 aliphatic carbocycles. The van der Waals surface area contributed by atoms with E-state index in [0.717, 1.165) is 67.8 Å². The van der Waals surface area contributed by atoms with Crippen molar-refractivity contribution in [3.05, 3.63) is 65.0 Å². The number of alkyl halides is 2. The molecule has 5 heterocycles. The maximum atomic E-state index is 14.1. The number of hydrogen-bond donors (Lipinski definition) is 2. The van der Waals surface area contributed by atoms with Gasteiger partial charge in [-0.05, 0) is 25.1 Å². The number of carbonyl (C=O) groups excluding carboxylic acids is 3. The average Bonchev–Trinajstić information content (AvgIpc) is 3.99. The summed E-state index contributed by atoms with van der Waals surface area (Å²) >= 11 is 0.144. The van der Waals surface area contributed by atoms with E-state index in [0.29, 0.717) is 74.1 Å². The third kappa shape index (κ3) is 8.28. The minimum atomic E-state index is -0.926. The van der Waals surface area contributed by atoms with Gasteiger partial charge >= 0.3 is 189 Å². The van der Waals surface area contributed by atoms with E-state index in [-0.39, 0.29) is 39.2 Å². The van der Waals surface area contributed by atoms with Gasteiger partial charge in [0.05, 0.1) is 0 Å². The largest absolute Gasteiger partial charge is 0.0113 e. The fourth-order valence-electron chi connectivity index (χ4n) is 7.91. The number of allylic oxidation sites excluding steroid dienone is 4. The van der Waals surface area contributed by atoms with Crippen LogP contribution in [0, 0.1) is 0 Å². The van der Waals surface area contributed by atoms with E-state index in [1.807, 2.05) is 34.1 Å². The maximum absolute atomic E-state index is 14.1. The van der Waals surface area contributed by atoms with Crippen molar-refractivity contribution in [3.8, 4) is 0 Å². The summed E-state index contributed by atoms with van der Waals surface area (Å²) in [5, 5.41) is 13.7. The molecular formula is C37H50IN6O5-. The number of urea groups is 1. The Morgan fingerprint density at radius 2 is 1.63 bits per heavy atom. The number of nitrogens with one attached hydrogen (secondary N) is 1. The van der Waals surface area contributed by atoms with Crippen LogP contribution in [0.5, 0.6) is 0 Å². The number of benzene rings is 1. The Hall–Kier alpha value is -3.10. The Labute approximate surface area is 300 Å². The molecule has 4 fully saturated rings. The molecule has 2 atom stereocenters. The van der Waals surface area contributed by atoms with Crippen LogP contribution in [0.4, 0.5) is 15.3 Å². The number of para-hydroxylation sites is 1. The summed E-state index contributed by atoms with van der Waals surface area (Å²) in [6.07, 6.45) is 9.26. The molecule has 1 aromatic rings. The van der Waals surface area contributed by atoms with Crippen molar-refractivity contribution in [1.29, 1.82) is 0 Å². The zero-order chi connectivity index (χ0) is 33.9. The number of amides is 4. The van der Waals surface area contributed by atoms with Crippen molar-refractivity contribution in [1.82, 2.24) is 24.5 Å². The van der Waals surface area contributed by atoms with Crippen molar-refractivity contribution in [2.24, 2.45) is 0 Å². The number of aliphatic hydroxyl groups is 1. The average molecular weight is 786 g/mol. The third-order valence-corrected chi connectivity index (χ3v) is 13.5. The number of aliphatic hydroxyl groups excluding tert-OH is 1. The molecule has 7 rings (SSSR count). The number of likely N-dealkylation sites (N-methyl/N-ethyl adjacent to an activating group) is 1. The number of piperazine rings is 1. The van der Waals surface area contributed by atoms with Crippen LogP contribution in [0.15, 0.2) is 59.4 Å². The number of hydrogen-bond acceptors (Lipinski definition) is 7. The zero-order valence-corrected chi connectivity index (χ0v) is 30.7. The molecule has 49 heavy (non-hydrogen) atoms. The van der Waals surface area contributed by atoms with Gasteiger partial charge in [0, 0.05) is 44.5 Å². The van der Waals surface area contributed by atoms with Gasteiger partial charge in [0.2, 0.25) is 0 Å². The van der Waals surface area contributed by atoms with Crippen molar-refractivity contribution >= 4 is 23.7 Å². The first kappa shape index (κ1) is 34.4. The molecule has 4 amide bonds. The second-order valence-corrected chi connectivity index (χ2v) is 17.5. The quantitative estimate of drug-likeness (QED) is 0.312. The minimum absolute atomic E-state index is 0.0304. The molecule has 0 spiro atoms. The van der Waals surface area contributed by atoms with Gasteiger partial charge in [0.15, 0.2) is 0 Å². The molecular weight excluding hydrogens is 735 g/mol. The van der Waals surface area contributed by atoms with Gasteiger partial charge in [-0.3, -0.25) is 4.90 Å². The number of ether oxygens (including phenoxy) is 1. The first-order valence-corrected chi connectivity index (χ1v) is 20.8. The van der Waals surface area contributed by atoms with E-state index in [4.69, 9.17) is 4.74 Å². The number of likely N-dealkylation sites (tertiary alicyclic amines) is 2. The van der Waals surface area contributed by atoms with Crippen LogP contribution in [-0.4, -0.2) is 140 Å². The molecule has 4 saturated heterocycles. The number of halogens is 1. The fourth-order valence-corrected chi connectivity index (χ4v) is 9.69. The van der Waals surface area contributed by atoms with Crippen LogP contribution < -0.4 is 26.5 Å². The molecule has 12 heteroatoms. The molecule has 6 aliphatic rings. The Morgan fingerprint density at radius 1 is 0.939 bits per heavy atom. The van der Waals surface area contributed by atoms with Gasteiger partial charge in [0.25, 0.3) is 0 Å². The topological polar surface area (TPSA) is 109 Å². The predicted octanol–water partition coefficient (Wildman–Crippen LogP) is 0.844. The van der Waals surface area contributed by atoms with Crippen molar-refractivity contribution in [2.75, 3.05) is 75.7 Å². The van der Waals surface area contributed by atoms with Crippen LogP contribution in [0.1, 0.15) is 44.1 Å². The van der Waals surface area contributed by atoms with E-state index in [1.54, 1.807) is 11.0 Å². The van der Waals surface area contributed by atoms with Gasteiger partial charge in [-0.25, -0.2) is 4.79 Å². The van der Waals surface area contributed by atoms with Crippen LogP contribution in [-0.2, 0) is 16.0 Å². The Kier molecular flexibility index (Phi) is 10.8. The van der Waals surface area contributed by atoms with Gasteiger partial charge in [-0.15, -0.1) is 0 Å². The second kappa shape index (κ2) is 15.4. The van der Waals surface area contributed by atoms with Crippen LogP contribution in [0.25, 0.3) is 0 Å². The first-order chi connectivity index (χ1) is 23.8. The summed E-state index contributed by atoms with van der Waals surface area (Å²) < 4.78 is 7.86. The smallest absolute Gasteiger partial charge is 0.0107 e. The molecule has 2 unspecified atom stereocenters. The maximum Gasteiger partial charge on any atom is 0.0113 e. The summed E-state index contributed by atoms with van der Waals surface area (Å²) in [6, 6.07) is 8.34. The molecule has 1 aromatic carbocycles. The first-order valence-electron chi connectivity index (χ1n) is 18.0. The van der Waals surface area contributed by atoms with Crippen LogP contribution in [0.3, 0.4) is 0 Å². The summed E-state index contributed by atoms with van der Waals surface area (Å²) in [4.78, 5) is 51.4. The Morgan fingerprint density at radius 3 is 2.37 bits per heavy atom. The molecule has 11 nitrogen and oxygen atoms in total. The summed E-state index contributed by atoms with van der Waals surface area (Å²) in [7, 11) is 2.17. The molecule has 0 saturated carbocycles. The SMILES string of the molecule is CN1CCN(C2CCN(C(=O)C(CC3=CC=C(O)C(C4C[I-]4)=CC3)OC(=O)N3CCC(N4CCc5ccccc5NC4=O)CC3)CC2)CC1. The zero-order valence-electron chi connectivity index (χ0n) is 28.6. The standard InChI is InChI=1S/C37H50IN6O5/c1-40-20-22-41(23-21-40)28-11-15-42(16-12-28)35(46)34(24-26-6-8-30(31-25-38-31)33(45)9-7-26)49-37(48)43-17-13-29(14-18-43)44-19-10-27-4-2-3-5-32(27)39-36(44)47/h2-5,7-9,28-29,31,34,45H,6,10-25H2,1H3,(H,39,47)/q-1. The number of fused-ring (bicyclic) bond motifs is 1. The van der Waals surface area contributed by atoms with Gasteiger partial charge < -0.3 is 15.1 Å². The molecule has 266 valence electrons. The molecule has 0 radical (unpaired) electrons. The number of piperidine rings is 2. The Bertz CT molecular complexity index is 1490. The van der Waals surface area contributed by atoms with Gasteiger partial charge in [0.1, 0.15) is 0 Å². The van der Waals surface area contributed by atoms with Crippen molar-refractivity contribution in [3.63, 3.8) is 0 Å². The number of rotatable bonds is 7. The third-order valence-electron chi connectivity index (χ3n) is 11.1.